The minimum atomic E-state index is -4.16. The highest BCUT2D eigenvalue weighted by Gasteiger charge is 2.26. The number of methoxy groups -OCH3 is 4. The van der Waals surface area contributed by atoms with Crippen LogP contribution in [0.4, 0.5) is 5.82 Å². The van der Waals surface area contributed by atoms with E-state index in [0.717, 1.165) is 80.2 Å². The Balaban J connectivity index is 0.000000143. The van der Waals surface area contributed by atoms with E-state index in [4.69, 9.17) is 61.2 Å². The molecule has 99 heavy (non-hydrogen) atoms. The molecule has 2 aliphatic rings. The highest BCUT2D eigenvalue weighted by molar-refractivity contribution is 8.14. The third kappa shape index (κ3) is 18.1. The second-order valence-electron chi connectivity index (χ2n) is 21.3. The number of ether oxygens (including phenoxy) is 4. The maximum absolute atomic E-state index is 11.9. The van der Waals surface area contributed by atoms with Crippen molar-refractivity contribution in [1.29, 1.82) is 0 Å². The van der Waals surface area contributed by atoms with Crippen LogP contribution in [0.15, 0.2) is 208 Å². The molecule has 14 rings (SSSR count). The first kappa shape index (κ1) is 73.8. The first-order chi connectivity index (χ1) is 47.0. The first-order valence-electron chi connectivity index (χ1n) is 29.1. The number of sulfonamides is 3. The van der Waals surface area contributed by atoms with Crippen molar-refractivity contribution in [1.82, 2.24) is 40.2 Å². The Bertz CT molecular complexity index is 5330. The third-order valence-corrected chi connectivity index (χ3v) is 20.8. The number of nitrogens with two attached hydrogens (primary N) is 3. The zero-order valence-electron chi connectivity index (χ0n) is 52.8. The average molecular weight is 1480 g/mol. The first-order valence-corrected chi connectivity index (χ1v) is 37.9. The van der Waals surface area contributed by atoms with Crippen LogP contribution in [-0.4, -0.2) is 123 Å². The van der Waals surface area contributed by atoms with Crippen molar-refractivity contribution in [3.8, 4) is 23.0 Å². The summed E-state index contributed by atoms with van der Waals surface area (Å²) in [6.45, 7) is 2.66. The highest BCUT2D eigenvalue weighted by Crippen LogP contribution is 2.38. The van der Waals surface area contributed by atoms with Crippen molar-refractivity contribution in [2.75, 3.05) is 46.4 Å². The normalized spacial score (nSPS) is 12.8. The van der Waals surface area contributed by atoms with Crippen LogP contribution in [0.25, 0.3) is 54.1 Å². The predicted molar refractivity (Wildman–Crippen MR) is 376 cm³/mol. The minimum Gasteiger partial charge on any atom is -0.493 e. The standard InChI is InChI=1S/C19H20N4O4S.C10H9ClN2O2.C9H6ClNO2S.C9H12N2O2S.C9H8N2O2S.C9H7NO3S/c1-26-16-8-14-15(9-17(16)27-2)21-11-22-19(14)23-7-6-13-12(10-23)4-3-5-18(13)28(20,24)25;1-14-8-3-6-7(4-9(8)15-2)12-5-13-10(6)11;3*10-14(12,13)9-3-1-2-7-6-11-5-4-8(7)9;11-14(12,13)9-3-1-2-7-6-10-5-4-8(7)9/h3-5,8-9,11H,6-7,10H2,1-2H3,(H2,20,24,25);3-5H,1-2H3;1-6H;1-3,11H,4-6H2,(H2,10,12,13);1-6H,(H2,10,12,13);1-6H,(H,11,12,13). The molecule has 0 bridgehead atoms. The van der Waals surface area contributed by atoms with Crippen LogP contribution in [-0.2, 0) is 75.2 Å². The van der Waals surface area contributed by atoms with Gasteiger partial charge in [0, 0.05) is 123 Å². The summed E-state index contributed by atoms with van der Waals surface area (Å²) < 4.78 is 143. The molecule has 2 aliphatic heterocycles. The van der Waals surface area contributed by atoms with Crippen LogP contribution in [0.3, 0.4) is 0 Å². The van der Waals surface area contributed by atoms with Crippen LogP contribution in [0.2, 0.25) is 5.15 Å². The number of anilines is 1. The molecular weight excluding hydrogens is 1420 g/mol. The maximum Gasteiger partial charge on any atom is 0.295 e. The van der Waals surface area contributed by atoms with Gasteiger partial charge in [-0.15, -0.1) is 0 Å². The van der Waals surface area contributed by atoms with E-state index in [1.807, 2.05) is 24.3 Å². The number of hydrogen-bond acceptors (Lipinski definition) is 23. The van der Waals surface area contributed by atoms with Gasteiger partial charge in [0.2, 0.25) is 30.1 Å². The molecule has 0 radical (unpaired) electrons. The molecule has 5 aromatic heterocycles. The van der Waals surface area contributed by atoms with Crippen molar-refractivity contribution in [2.24, 2.45) is 15.4 Å². The Hall–Kier alpha value is -9.42. The lowest BCUT2D eigenvalue weighted by atomic mass is 9.99. The van der Waals surface area contributed by atoms with Gasteiger partial charge in [-0.2, -0.15) is 8.42 Å². The summed E-state index contributed by atoms with van der Waals surface area (Å²) in [5.74, 6) is 3.19. The average Bonchev–Trinajstić information content (AvgIpc) is 0.775. The lowest BCUT2D eigenvalue weighted by molar-refractivity contribution is 0.356. The number of fused-ring (bicyclic) bond motifs is 7. The zero-order valence-corrected chi connectivity index (χ0v) is 58.4. The molecule has 0 atom stereocenters. The van der Waals surface area contributed by atoms with E-state index in [1.54, 1.807) is 138 Å². The number of primary sulfonamides is 3. The fourth-order valence-electron chi connectivity index (χ4n) is 10.7. The van der Waals surface area contributed by atoms with Crippen LogP contribution in [0.5, 0.6) is 23.0 Å². The summed E-state index contributed by atoms with van der Waals surface area (Å²) in [7, 11) is -7.23. The number of pyridine rings is 3. The van der Waals surface area contributed by atoms with Crippen LogP contribution < -0.4 is 44.6 Å². The second kappa shape index (κ2) is 31.6. The van der Waals surface area contributed by atoms with Gasteiger partial charge in [-0.1, -0.05) is 72.3 Å². The van der Waals surface area contributed by atoms with E-state index >= 15 is 0 Å². The quantitative estimate of drug-likeness (QED) is 0.0485. The van der Waals surface area contributed by atoms with Crippen molar-refractivity contribution in [3.05, 3.63) is 211 Å². The van der Waals surface area contributed by atoms with E-state index in [-0.39, 0.29) is 24.5 Å². The van der Waals surface area contributed by atoms with Crippen molar-refractivity contribution in [3.63, 3.8) is 0 Å². The smallest absolute Gasteiger partial charge is 0.295 e. The summed E-state index contributed by atoms with van der Waals surface area (Å²) in [6, 6.07) is 36.9. The fourth-order valence-corrected chi connectivity index (χ4v) is 15.2. The summed E-state index contributed by atoms with van der Waals surface area (Å²) >= 11 is 5.93. The molecule has 0 amide bonds. The Morgan fingerprint density at radius 3 is 1.38 bits per heavy atom. The fraction of sp³-hybridized carbons (Fsp3) is 0.154. The second-order valence-corrected chi connectivity index (χ2v) is 30.2. The van der Waals surface area contributed by atoms with E-state index in [1.165, 1.54) is 49.4 Å². The Morgan fingerprint density at radius 2 is 0.889 bits per heavy atom. The zero-order chi connectivity index (χ0) is 71.5. The topological polar surface area (TPSA) is 411 Å². The molecule has 0 aliphatic carbocycles. The highest BCUT2D eigenvalue weighted by atomic mass is 35.7. The number of aromatic nitrogens is 7. The van der Waals surface area contributed by atoms with Crippen molar-refractivity contribution in [2.45, 2.75) is 50.4 Å². The van der Waals surface area contributed by atoms with Gasteiger partial charge >= 0.3 is 0 Å². The monoisotopic (exact) mass is 1480 g/mol. The van der Waals surface area contributed by atoms with Gasteiger partial charge in [0.15, 0.2) is 23.0 Å². The molecule has 0 unspecified atom stereocenters. The number of hydrogen-bond donors (Lipinski definition) is 5. The van der Waals surface area contributed by atoms with Gasteiger partial charge in [-0.05, 0) is 102 Å². The third-order valence-electron chi connectivity index (χ3n) is 15.2. The molecule has 12 aromatic rings. The van der Waals surface area contributed by atoms with Gasteiger partial charge in [0.1, 0.15) is 28.5 Å². The molecule has 516 valence electrons. The molecule has 27 nitrogen and oxygen atoms in total. The molecule has 8 N–H and O–H groups in total. The summed E-state index contributed by atoms with van der Waals surface area (Å²) in [5, 5.41) is 24.6. The van der Waals surface area contributed by atoms with Crippen LogP contribution >= 0.6 is 22.3 Å². The number of nitrogens with zero attached hydrogens (tertiary/aromatic N) is 8. The molecule has 0 saturated carbocycles. The number of rotatable bonds is 10. The van der Waals surface area contributed by atoms with E-state index in [2.05, 4.69) is 45.1 Å². The summed E-state index contributed by atoms with van der Waals surface area (Å²) in [5.41, 5.74) is 5.07. The SMILES string of the molecule is COc1cc2ncnc(Cl)c2cc1OC.COc1cc2ncnc(N3CCc4c(cccc4S(N)(=O)=O)C3)c2cc1OC.NS(=O)(=O)c1cccc2c1CCNC2.NS(=O)(=O)c1cccc2cnccc12.O=S(=O)(Cl)c1cccc2cnccc12.O=S(=O)(O)c1cccc2cnccc12. The molecule has 0 spiro atoms. The Labute approximate surface area is 579 Å². The van der Waals surface area contributed by atoms with Crippen molar-refractivity contribution < 1.29 is 65.6 Å². The minimum absolute atomic E-state index is 0.0857. The lowest BCUT2D eigenvalue weighted by Gasteiger charge is -2.31. The molecule has 7 aromatic carbocycles. The molecule has 34 heteroatoms. The van der Waals surface area contributed by atoms with E-state index in [0.29, 0.717) is 69.2 Å². The lowest BCUT2D eigenvalue weighted by Crippen LogP contribution is -2.32. The van der Waals surface area contributed by atoms with Gasteiger partial charge in [0.25, 0.3) is 19.2 Å². The largest absolute Gasteiger partial charge is 0.493 e. The van der Waals surface area contributed by atoms with Gasteiger partial charge < -0.3 is 29.2 Å². The van der Waals surface area contributed by atoms with Crippen LogP contribution in [0, 0.1) is 0 Å². The van der Waals surface area contributed by atoms with Gasteiger partial charge in [-0.3, -0.25) is 19.5 Å². The van der Waals surface area contributed by atoms with Gasteiger partial charge in [-0.25, -0.2) is 69.0 Å². The van der Waals surface area contributed by atoms with Crippen molar-refractivity contribution >= 4 is 131 Å². The summed E-state index contributed by atoms with van der Waals surface area (Å²) in [4.78, 5) is 31.2. The molecule has 7 heterocycles. The van der Waals surface area contributed by atoms with E-state index < -0.39 is 49.2 Å². The Morgan fingerprint density at radius 1 is 0.475 bits per heavy atom. The maximum atomic E-state index is 11.9. The number of benzene rings is 7. The van der Waals surface area contributed by atoms with E-state index in [9.17, 15) is 42.1 Å². The number of nitrogens with one attached hydrogen (secondary N) is 1. The Kier molecular flexibility index (Phi) is 23.6. The van der Waals surface area contributed by atoms with Gasteiger partial charge in [0.05, 0.1) is 59.1 Å². The number of halogens is 2. The predicted octanol–water partition coefficient (Wildman–Crippen LogP) is 8.66. The molecule has 0 saturated heterocycles. The molecular formula is C65H62Cl2N12O15S5. The summed E-state index contributed by atoms with van der Waals surface area (Å²) in [6.07, 6.45) is 13.5. The molecule has 0 fully saturated rings. The van der Waals surface area contributed by atoms with Crippen LogP contribution in [0.1, 0.15) is 22.3 Å².